The number of methoxy groups -OCH3 is 2. The molecular weight excluding hydrogens is 396 g/mol. The molecular formula is C21H26N8O2. The van der Waals surface area contributed by atoms with Crippen molar-refractivity contribution < 1.29 is 9.47 Å². The lowest BCUT2D eigenvalue weighted by Crippen LogP contribution is -2.18. The molecule has 0 saturated carbocycles. The Labute approximate surface area is 179 Å². The average Bonchev–Trinajstić information content (AvgIpc) is 3.42. The van der Waals surface area contributed by atoms with Crippen molar-refractivity contribution >= 4 is 17.0 Å². The van der Waals surface area contributed by atoms with E-state index in [-0.39, 0.29) is 0 Å². The van der Waals surface area contributed by atoms with Crippen LogP contribution in [0.1, 0.15) is 30.8 Å². The number of H-pyrrole nitrogens is 1. The van der Waals surface area contributed by atoms with E-state index in [1.165, 1.54) is 0 Å². The number of rotatable bonds is 8. The van der Waals surface area contributed by atoms with E-state index in [1.54, 1.807) is 20.4 Å². The number of fused-ring (bicyclic) bond motifs is 1. The number of ether oxygens (including phenoxy) is 2. The Morgan fingerprint density at radius 3 is 2.65 bits per heavy atom. The summed E-state index contributed by atoms with van der Waals surface area (Å²) in [6.45, 7) is 2.81. The number of nitrogens with zero attached hydrogens (tertiary/aromatic N) is 5. The fraction of sp³-hybridized carbons (Fsp3) is 0.333. The molecule has 1 unspecified atom stereocenters. The number of nitrogens with one attached hydrogen (secondary N) is 1. The Morgan fingerprint density at radius 2 is 1.97 bits per heavy atom. The van der Waals surface area contributed by atoms with Crippen molar-refractivity contribution in [2.45, 2.75) is 32.4 Å². The molecule has 3 aromatic heterocycles. The third-order valence-electron chi connectivity index (χ3n) is 5.08. The summed E-state index contributed by atoms with van der Waals surface area (Å²) >= 11 is 0. The molecule has 0 radical (unpaired) electrons. The van der Waals surface area contributed by atoms with E-state index in [2.05, 4.69) is 27.1 Å². The van der Waals surface area contributed by atoms with E-state index in [0.717, 1.165) is 29.2 Å². The highest BCUT2D eigenvalue weighted by Crippen LogP contribution is 2.30. The Hall–Kier alpha value is -3.66. The van der Waals surface area contributed by atoms with E-state index in [1.807, 2.05) is 28.8 Å². The second-order valence-electron chi connectivity index (χ2n) is 7.17. The average molecular weight is 422 g/mol. The van der Waals surface area contributed by atoms with Gasteiger partial charge in [-0.25, -0.2) is 15.0 Å². The van der Waals surface area contributed by atoms with Crippen molar-refractivity contribution in [3.63, 3.8) is 0 Å². The maximum absolute atomic E-state index is 6.50. The molecule has 4 aromatic rings. The van der Waals surface area contributed by atoms with Crippen LogP contribution in [0, 0.1) is 0 Å². The molecule has 0 saturated heterocycles. The normalized spacial score (nSPS) is 12.3. The molecule has 5 N–H and O–H groups in total. The van der Waals surface area contributed by atoms with Crippen LogP contribution in [-0.2, 0) is 13.0 Å². The number of aromatic nitrogens is 6. The first-order chi connectivity index (χ1) is 15.0. The smallest absolute Gasteiger partial charge is 0.166 e. The molecule has 0 aliphatic heterocycles. The molecule has 1 aromatic carbocycles. The number of hydrogen-bond acceptors (Lipinski definition) is 8. The predicted octanol–water partition coefficient (Wildman–Crippen LogP) is 2.47. The number of benzene rings is 1. The van der Waals surface area contributed by atoms with Gasteiger partial charge in [-0.15, -0.1) is 0 Å². The molecule has 0 fully saturated rings. The quantitative estimate of drug-likeness (QED) is 0.393. The van der Waals surface area contributed by atoms with Crippen molar-refractivity contribution in [2.24, 2.45) is 5.73 Å². The minimum absolute atomic E-state index is 0.291. The second kappa shape index (κ2) is 8.60. The molecule has 4 rings (SSSR count). The summed E-state index contributed by atoms with van der Waals surface area (Å²) in [7, 11) is 3.24. The van der Waals surface area contributed by atoms with E-state index >= 15 is 0 Å². The summed E-state index contributed by atoms with van der Waals surface area (Å²) in [4.78, 5) is 13.9. The van der Waals surface area contributed by atoms with Gasteiger partial charge in [0.25, 0.3) is 0 Å². The van der Waals surface area contributed by atoms with Crippen LogP contribution >= 0.6 is 0 Å². The number of nitrogens with two attached hydrogens (primary N) is 2. The molecule has 0 aliphatic carbocycles. The van der Waals surface area contributed by atoms with Crippen molar-refractivity contribution in [3.8, 4) is 23.0 Å². The van der Waals surface area contributed by atoms with E-state index < -0.39 is 6.04 Å². The molecule has 0 spiro atoms. The van der Waals surface area contributed by atoms with Crippen molar-refractivity contribution in [2.75, 3.05) is 20.0 Å². The van der Waals surface area contributed by atoms with Crippen LogP contribution in [0.3, 0.4) is 0 Å². The third kappa shape index (κ3) is 3.89. The zero-order valence-corrected chi connectivity index (χ0v) is 17.8. The summed E-state index contributed by atoms with van der Waals surface area (Å²) in [5.74, 6) is 2.88. The van der Waals surface area contributed by atoms with Gasteiger partial charge in [0, 0.05) is 12.7 Å². The number of hydrogen-bond donors (Lipinski definition) is 3. The van der Waals surface area contributed by atoms with E-state index in [0.29, 0.717) is 41.6 Å². The van der Waals surface area contributed by atoms with Crippen LogP contribution in [0.4, 0.5) is 5.82 Å². The molecule has 31 heavy (non-hydrogen) atoms. The first-order valence-electron chi connectivity index (χ1n) is 10.1. The lowest BCUT2D eigenvalue weighted by Gasteiger charge is -2.15. The van der Waals surface area contributed by atoms with Gasteiger partial charge < -0.3 is 25.5 Å². The topological polar surface area (TPSA) is 143 Å². The standard InChI is InChI=1S/C21H26N8O2/c1-4-9-29-20(15-7-8-24-28-15)25-17-18(23)26-19(27-21(17)29)14(22)11-12-10-13(30-2)5-6-16(12)31-3/h5-8,10,14H,4,9,11,22H2,1-3H3,(H,24,28)(H2,23,26,27). The highest BCUT2D eigenvalue weighted by Gasteiger charge is 2.21. The fourth-order valence-corrected chi connectivity index (χ4v) is 3.59. The van der Waals surface area contributed by atoms with Gasteiger partial charge in [0.05, 0.1) is 20.3 Å². The Balaban J connectivity index is 1.76. The highest BCUT2D eigenvalue weighted by molar-refractivity contribution is 5.85. The van der Waals surface area contributed by atoms with Crippen LogP contribution in [0.15, 0.2) is 30.5 Å². The molecule has 0 amide bonds. The zero-order chi connectivity index (χ0) is 22.0. The van der Waals surface area contributed by atoms with Crippen LogP contribution in [0.25, 0.3) is 22.7 Å². The molecule has 162 valence electrons. The zero-order valence-electron chi connectivity index (χ0n) is 17.8. The van der Waals surface area contributed by atoms with E-state index in [9.17, 15) is 0 Å². The third-order valence-corrected chi connectivity index (χ3v) is 5.08. The lowest BCUT2D eigenvalue weighted by atomic mass is 10.0. The van der Waals surface area contributed by atoms with Gasteiger partial charge in [-0.2, -0.15) is 5.10 Å². The SMILES string of the molecule is CCCn1c(-c2cc[nH]n2)nc2c(N)nc(C(N)Cc3cc(OC)ccc3OC)nc21. The minimum atomic E-state index is -0.494. The number of aromatic amines is 1. The van der Waals surface area contributed by atoms with Gasteiger partial charge in [0.15, 0.2) is 22.8 Å². The van der Waals surface area contributed by atoms with Crippen molar-refractivity contribution in [3.05, 3.63) is 41.9 Å². The summed E-state index contributed by atoms with van der Waals surface area (Å²) in [5, 5.41) is 7.08. The van der Waals surface area contributed by atoms with Gasteiger partial charge in [0.2, 0.25) is 0 Å². The van der Waals surface area contributed by atoms with Gasteiger partial charge in [-0.1, -0.05) is 6.92 Å². The Morgan fingerprint density at radius 1 is 1.13 bits per heavy atom. The van der Waals surface area contributed by atoms with Gasteiger partial charge in [0.1, 0.15) is 23.0 Å². The second-order valence-corrected chi connectivity index (χ2v) is 7.17. The monoisotopic (exact) mass is 422 g/mol. The summed E-state index contributed by atoms with van der Waals surface area (Å²) in [6.07, 6.45) is 3.11. The van der Waals surface area contributed by atoms with Gasteiger partial charge in [-0.05, 0) is 42.7 Å². The molecule has 0 bridgehead atoms. The molecule has 10 nitrogen and oxygen atoms in total. The highest BCUT2D eigenvalue weighted by atomic mass is 16.5. The predicted molar refractivity (Wildman–Crippen MR) is 118 cm³/mol. The van der Waals surface area contributed by atoms with Gasteiger partial charge in [-0.3, -0.25) is 5.10 Å². The molecule has 3 heterocycles. The van der Waals surface area contributed by atoms with Crippen LogP contribution in [-0.4, -0.2) is 43.9 Å². The number of anilines is 1. The largest absolute Gasteiger partial charge is 0.497 e. The van der Waals surface area contributed by atoms with Crippen LogP contribution in [0.5, 0.6) is 11.5 Å². The first-order valence-corrected chi connectivity index (χ1v) is 10.1. The van der Waals surface area contributed by atoms with Crippen molar-refractivity contribution in [1.82, 2.24) is 29.7 Å². The lowest BCUT2D eigenvalue weighted by molar-refractivity contribution is 0.397. The molecule has 1 atom stereocenters. The summed E-state index contributed by atoms with van der Waals surface area (Å²) < 4.78 is 12.8. The van der Waals surface area contributed by atoms with Crippen molar-refractivity contribution in [1.29, 1.82) is 0 Å². The maximum atomic E-state index is 6.50. The fourth-order valence-electron chi connectivity index (χ4n) is 3.59. The number of nitrogen functional groups attached to an aromatic ring is 1. The minimum Gasteiger partial charge on any atom is -0.497 e. The Bertz CT molecular complexity index is 1190. The first kappa shape index (κ1) is 20.6. The molecule has 10 heteroatoms. The van der Waals surface area contributed by atoms with E-state index in [4.69, 9.17) is 25.9 Å². The number of aryl methyl sites for hydroxylation is 1. The molecule has 0 aliphatic rings. The van der Waals surface area contributed by atoms with Gasteiger partial charge >= 0.3 is 0 Å². The van der Waals surface area contributed by atoms with Crippen LogP contribution in [0.2, 0.25) is 0 Å². The Kier molecular flexibility index (Phi) is 5.72. The maximum Gasteiger partial charge on any atom is 0.166 e. The number of imidazole rings is 1. The summed E-state index contributed by atoms with van der Waals surface area (Å²) in [6, 6.07) is 6.96. The van der Waals surface area contributed by atoms with Crippen LogP contribution < -0.4 is 20.9 Å². The summed E-state index contributed by atoms with van der Waals surface area (Å²) in [5.41, 5.74) is 15.6.